The Morgan fingerprint density at radius 1 is 1.39 bits per heavy atom. The van der Waals surface area contributed by atoms with Crippen molar-refractivity contribution in [2.24, 2.45) is 0 Å². The van der Waals surface area contributed by atoms with Crippen LogP contribution in [0.25, 0.3) is 22.2 Å². The Hall–Kier alpha value is -4.12. The van der Waals surface area contributed by atoms with Gasteiger partial charge in [0, 0.05) is 23.1 Å². The first-order valence-corrected chi connectivity index (χ1v) is 8.23. The highest BCUT2D eigenvalue weighted by Gasteiger charge is 2.15. The molecule has 0 spiro atoms. The number of fused-ring (bicyclic) bond motifs is 1. The van der Waals surface area contributed by atoms with Crippen molar-refractivity contribution in [2.75, 3.05) is 24.7 Å². The van der Waals surface area contributed by atoms with Gasteiger partial charge in [-0.1, -0.05) is 24.8 Å². The molecule has 140 valence electrons. The van der Waals surface area contributed by atoms with E-state index in [-0.39, 0.29) is 23.8 Å². The number of aromatic carboxylic acids is 1. The molecule has 1 heterocycles. The smallest absolute Gasteiger partial charge is 0.356 e. The van der Waals surface area contributed by atoms with Gasteiger partial charge < -0.3 is 20.9 Å². The molecule has 0 saturated heterocycles. The lowest BCUT2D eigenvalue weighted by Gasteiger charge is -2.15. The molecule has 0 fully saturated rings. The Morgan fingerprint density at radius 2 is 2.14 bits per heavy atom. The number of aromatic nitrogens is 2. The van der Waals surface area contributed by atoms with Crippen molar-refractivity contribution < 1.29 is 14.6 Å². The van der Waals surface area contributed by atoms with Gasteiger partial charge in [-0.3, -0.25) is 0 Å². The predicted octanol–water partition coefficient (Wildman–Crippen LogP) is 3.08. The second-order valence-electron chi connectivity index (χ2n) is 5.95. The molecule has 3 aromatic rings. The van der Waals surface area contributed by atoms with Gasteiger partial charge in [0.2, 0.25) is 0 Å². The molecule has 1 aromatic heterocycles. The van der Waals surface area contributed by atoms with Crippen LogP contribution in [0.1, 0.15) is 10.5 Å². The molecule has 0 amide bonds. The summed E-state index contributed by atoms with van der Waals surface area (Å²) < 4.78 is 5.43. The SMILES string of the molecule is C=C(C#N)CNc1c(OC)ccc2ccc(-c3ncc(N)c(C(=O)O)n3)cc12. The molecule has 8 heteroatoms. The number of benzene rings is 2. The molecule has 0 aliphatic rings. The first-order valence-electron chi connectivity index (χ1n) is 8.23. The molecule has 3 rings (SSSR count). The van der Waals surface area contributed by atoms with Crippen LogP contribution in [0, 0.1) is 11.3 Å². The van der Waals surface area contributed by atoms with E-state index in [1.807, 2.05) is 30.3 Å². The molecule has 0 radical (unpaired) electrons. The second kappa shape index (κ2) is 7.63. The number of methoxy groups -OCH3 is 1. The third kappa shape index (κ3) is 3.54. The van der Waals surface area contributed by atoms with E-state index in [9.17, 15) is 9.90 Å². The molecule has 0 bridgehead atoms. The number of nitrogens with two attached hydrogens (primary N) is 1. The summed E-state index contributed by atoms with van der Waals surface area (Å²) in [6, 6.07) is 11.2. The molecule has 0 aliphatic heterocycles. The Balaban J connectivity index is 2.14. The third-order valence-electron chi connectivity index (χ3n) is 4.12. The van der Waals surface area contributed by atoms with E-state index in [2.05, 4.69) is 21.9 Å². The van der Waals surface area contributed by atoms with Crippen LogP contribution >= 0.6 is 0 Å². The Bertz CT molecular complexity index is 1130. The van der Waals surface area contributed by atoms with Crippen LogP contribution in [0.4, 0.5) is 11.4 Å². The zero-order valence-corrected chi connectivity index (χ0v) is 15.1. The normalized spacial score (nSPS) is 10.3. The molecule has 2 aromatic carbocycles. The minimum atomic E-state index is -1.22. The topological polar surface area (TPSA) is 134 Å². The zero-order valence-electron chi connectivity index (χ0n) is 15.1. The van der Waals surface area contributed by atoms with Crippen LogP contribution in [0.3, 0.4) is 0 Å². The van der Waals surface area contributed by atoms with Crippen molar-refractivity contribution in [3.8, 4) is 23.2 Å². The number of nitriles is 1. The summed E-state index contributed by atoms with van der Waals surface area (Å²) in [5, 5.41) is 23.1. The lowest BCUT2D eigenvalue weighted by Crippen LogP contribution is -2.08. The van der Waals surface area contributed by atoms with Crippen LogP contribution < -0.4 is 15.8 Å². The molecule has 0 atom stereocenters. The van der Waals surface area contributed by atoms with Crippen LogP contribution in [-0.4, -0.2) is 34.7 Å². The minimum absolute atomic E-state index is 0.00363. The molecule has 28 heavy (non-hydrogen) atoms. The number of hydrogen-bond donors (Lipinski definition) is 3. The van der Waals surface area contributed by atoms with Crippen molar-refractivity contribution >= 4 is 28.1 Å². The van der Waals surface area contributed by atoms with Gasteiger partial charge in [0.25, 0.3) is 0 Å². The van der Waals surface area contributed by atoms with Crippen LogP contribution in [0.5, 0.6) is 5.75 Å². The number of carbonyl (C=O) groups is 1. The fraction of sp³-hybridized carbons (Fsp3) is 0.100. The summed E-state index contributed by atoms with van der Waals surface area (Å²) in [5.74, 6) is -0.385. The third-order valence-corrected chi connectivity index (χ3v) is 4.12. The monoisotopic (exact) mass is 375 g/mol. The number of carboxylic acids is 1. The highest BCUT2D eigenvalue weighted by atomic mass is 16.5. The van der Waals surface area contributed by atoms with Gasteiger partial charge >= 0.3 is 5.97 Å². The van der Waals surface area contributed by atoms with Gasteiger partial charge in [-0.05, 0) is 17.5 Å². The van der Waals surface area contributed by atoms with E-state index < -0.39 is 5.97 Å². The zero-order chi connectivity index (χ0) is 20.3. The number of nitrogen functional groups attached to an aromatic ring is 1. The summed E-state index contributed by atoms with van der Waals surface area (Å²) >= 11 is 0. The van der Waals surface area contributed by atoms with E-state index >= 15 is 0 Å². The number of nitrogens with one attached hydrogen (secondary N) is 1. The molecule has 4 N–H and O–H groups in total. The quantitative estimate of drug-likeness (QED) is 0.560. The highest BCUT2D eigenvalue weighted by Crippen LogP contribution is 2.35. The van der Waals surface area contributed by atoms with Gasteiger partial charge in [-0.25, -0.2) is 14.8 Å². The molecule has 0 unspecified atom stereocenters. The van der Waals surface area contributed by atoms with Crippen LogP contribution in [-0.2, 0) is 0 Å². The van der Waals surface area contributed by atoms with Crippen LogP contribution in [0.2, 0.25) is 0 Å². The number of hydrogen-bond acceptors (Lipinski definition) is 7. The molecular weight excluding hydrogens is 358 g/mol. The number of rotatable bonds is 6. The summed E-state index contributed by atoms with van der Waals surface area (Å²) in [7, 11) is 1.55. The first-order chi connectivity index (χ1) is 13.4. The molecule has 0 saturated carbocycles. The summed E-state index contributed by atoms with van der Waals surface area (Å²) in [5.41, 5.74) is 7.06. The molecule has 8 nitrogen and oxygen atoms in total. The maximum atomic E-state index is 11.3. The Kier molecular flexibility index (Phi) is 5.09. The largest absolute Gasteiger partial charge is 0.495 e. The van der Waals surface area contributed by atoms with Crippen molar-refractivity contribution in [1.29, 1.82) is 5.26 Å². The molecule has 0 aliphatic carbocycles. The number of carboxylic acid groups (broad SMARTS) is 1. The van der Waals surface area contributed by atoms with Gasteiger partial charge in [-0.15, -0.1) is 0 Å². The number of nitrogens with zero attached hydrogens (tertiary/aromatic N) is 3. The van der Waals surface area contributed by atoms with E-state index in [4.69, 9.17) is 15.7 Å². The van der Waals surface area contributed by atoms with Crippen molar-refractivity contribution in [3.63, 3.8) is 0 Å². The van der Waals surface area contributed by atoms with Crippen molar-refractivity contribution in [1.82, 2.24) is 9.97 Å². The van der Waals surface area contributed by atoms with Crippen molar-refractivity contribution in [2.45, 2.75) is 0 Å². The minimum Gasteiger partial charge on any atom is -0.495 e. The van der Waals surface area contributed by atoms with E-state index in [0.29, 0.717) is 22.6 Å². The van der Waals surface area contributed by atoms with Gasteiger partial charge in [-0.2, -0.15) is 5.26 Å². The van der Waals surface area contributed by atoms with Gasteiger partial charge in [0.05, 0.1) is 30.8 Å². The highest BCUT2D eigenvalue weighted by molar-refractivity contribution is 5.99. The summed E-state index contributed by atoms with van der Waals surface area (Å²) in [4.78, 5) is 19.5. The van der Waals surface area contributed by atoms with Gasteiger partial charge in [0.15, 0.2) is 11.5 Å². The standard InChI is InChI=1S/C20H17N5O3/c1-11(8-21)9-23-17-14-7-13(4-3-12(14)5-6-16(17)28-2)19-24-10-15(22)18(25-19)20(26)27/h3-7,10,23H,1,9,22H2,2H3,(H,26,27). The molecular formula is C20H17N5O3. The van der Waals surface area contributed by atoms with E-state index in [1.165, 1.54) is 6.20 Å². The first kappa shape index (κ1) is 18.7. The average Bonchev–Trinajstić information content (AvgIpc) is 2.71. The summed E-state index contributed by atoms with van der Waals surface area (Å²) in [6.45, 7) is 3.93. The maximum absolute atomic E-state index is 11.3. The fourth-order valence-corrected chi connectivity index (χ4v) is 2.73. The fourth-order valence-electron chi connectivity index (χ4n) is 2.73. The lowest BCUT2D eigenvalue weighted by molar-refractivity contribution is 0.0691. The number of ether oxygens (including phenoxy) is 1. The predicted molar refractivity (Wildman–Crippen MR) is 106 cm³/mol. The van der Waals surface area contributed by atoms with Crippen LogP contribution in [0.15, 0.2) is 48.7 Å². The number of anilines is 2. The van der Waals surface area contributed by atoms with E-state index in [1.54, 1.807) is 13.2 Å². The Morgan fingerprint density at radius 3 is 2.82 bits per heavy atom. The average molecular weight is 375 g/mol. The second-order valence-corrected chi connectivity index (χ2v) is 5.95. The van der Waals surface area contributed by atoms with E-state index in [0.717, 1.165) is 10.8 Å². The summed E-state index contributed by atoms with van der Waals surface area (Å²) in [6.07, 6.45) is 1.28. The van der Waals surface area contributed by atoms with Crippen molar-refractivity contribution in [3.05, 3.63) is 54.4 Å². The lowest BCUT2D eigenvalue weighted by atomic mass is 10.0. The maximum Gasteiger partial charge on any atom is 0.356 e. The van der Waals surface area contributed by atoms with Gasteiger partial charge in [0.1, 0.15) is 5.75 Å². The Labute approximate surface area is 160 Å².